The normalized spacial score (nSPS) is 18.9. The summed E-state index contributed by atoms with van der Waals surface area (Å²) in [6.07, 6.45) is 0.268. The lowest BCUT2D eigenvalue weighted by atomic mass is 10.2. The maximum Gasteiger partial charge on any atom is 0.415 e. The molecule has 0 aliphatic carbocycles. The Morgan fingerprint density at radius 1 is 1.44 bits per heavy atom. The Bertz CT molecular complexity index is 762. The quantitative estimate of drug-likeness (QED) is 0.793. The molecule has 0 radical (unpaired) electrons. The topological polar surface area (TPSA) is 132 Å². The van der Waals surface area contributed by atoms with Crippen molar-refractivity contribution in [1.29, 1.82) is 0 Å². The molecule has 1 aromatic rings. The Morgan fingerprint density at radius 3 is 2.96 bits per heavy atom. The number of amides is 3. The monoisotopic (exact) mass is 379 g/mol. The molecular formula is C16H21N5O6. The van der Waals surface area contributed by atoms with E-state index in [4.69, 9.17) is 14.2 Å². The summed E-state index contributed by atoms with van der Waals surface area (Å²) < 4.78 is 15.6. The molecule has 0 spiro atoms. The number of aromatic nitrogens is 2. The summed E-state index contributed by atoms with van der Waals surface area (Å²) in [5, 5.41) is 5.16. The van der Waals surface area contributed by atoms with E-state index in [1.54, 1.807) is 20.8 Å². The molecule has 0 saturated carbocycles. The number of hydrogen-bond acceptors (Lipinski definition) is 8. The van der Waals surface area contributed by atoms with Gasteiger partial charge in [-0.1, -0.05) is 0 Å². The van der Waals surface area contributed by atoms with E-state index in [1.165, 1.54) is 11.1 Å². The number of fused-ring (bicyclic) bond motifs is 1. The Kier molecular flexibility index (Phi) is 5.02. The van der Waals surface area contributed by atoms with Crippen LogP contribution in [-0.4, -0.2) is 59.5 Å². The molecule has 3 rings (SSSR count). The highest BCUT2D eigenvalue weighted by molar-refractivity contribution is 5.94. The van der Waals surface area contributed by atoms with Crippen molar-refractivity contribution in [2.75, 3.05) is 29.9 Å². The van der Waals surface area contributed by atoms with Crippen LogP contribution < -0.4 is 20.3 Å². The molecule has 146 valence electrons. The molecule has 0 bridgehead atoms. The highest BCUT2D eigenvalue weighted by atomic mass is 16.6. The summed E-state index contributed by atoms with van der Waals surface area (Å²) in [5.41, 5.74) is -0.578. The molecule has 1 aromatic heterocycles. The second-order valence-electron chi connectivity index (χ2n) is 7.05. The molecule has 1 saturated heterocycles. The van der Waals surface area contributed by atoms with E-state index in [0.29, 0.717) is 13.0 Å². The molecule has 1 atom stereocenters. The van der Waals surface area contributed by atoms with Gasteiger partial charge >= 0.3 is 12.2 Å². The van der Waals surface area contributed by atoms with Gasteiger partial charge in [-0.25, -0.2) is 19.6 Å². The maximum atomic E-state index is 12.1. The van der Waals surface area contributed by atoms with E-state index >= 15 is 0 Å². The van der Waals surface area contributed by atoms with Gasteiger partial charge in [-0.3, -0.25) is 9.69 Å². The van der Waals surface area contributed by atoms with Gasteiger partial charge in [0.25, 0.3) is 11.8 Å². The molecule has 1 unspecified atom stereocenters. The third kappa shape index (κ3) is 4.74. The fraction of sp³-hybridized carbons (Fsp3) is 0.562. The van der Waals surface area contributed by atoms with Crippen molar-refractivity contribution in [3.8, 4) is 5.88 Å². The number of cyclic esters (lactones) is 1. The molecule has 11 nitrogen and oxygen atoms in total. The number of carbonyl (C=O) groups is 3. The van der Waals surface area contributed by atoms with Gasteiger partial charge in [0.15, 0.2) is 18.2 Å². The number of nitrogens with zero attached hydrogens (tertiary/aromatic N) is 3. The van der Waals surface area contributed by atoms with Crippen LogP contribution in [0.3, 0.4) is 0 Å². The molecule has 1 fully saturated rings. The van der Waals surface area contributed by atoms with Crippen molar-refractivity contribution in [3.05, 3.63) is 6.20 Å². The Balaban J connectivity index is 1.54. The highest BCUT2D eigenvalue weighted by Gasteiger charge is 2.34. The van der Waals surface area contributed by atoms with E-state index in [1.807, 2.05) is 0 Å². The van der Waals surface area contributed by atoms with Crippen LogP contribution in [0.5, 0.6) is 5.88 Å². The van der Waals surface area contributed by atoms with E-state index in [2.05, 4.69) is 20.6 Å². The summed E-state index contributed by atoms with van der Waals surface area (Å²) >= 11 is 0. The van der Waals surface area contributed by atoms with Gasteiger partial charge in [-0.15, -0.1) is 0 Å². The lowest BCUT2D eigenvalue weighted by Crippen LogP contribution is -2.34. The molecule has 27 heavy (non-hydrogen) atoms. The molecule has 2 N–H and O–H groups in total. The fourth-order valence-electron chi connectivity index (χ4n) is 2.50. The lowest BCUT2D eigenvalue weighted by Gasteiger charge is -2.20. The summed E-state index contributed by atoms with van der Waals surface area (Å²) in [7, 11) is 0. The zero-order valence-corrected chi connectivity index (χ0v) is 15.3. The first-order valence-electron chi connectivity index (χ1n) is 8.46. The minimum Gasteiger partial charge on any atom is -0.465 e. The number of hydrogen-bond donors (Lipinski definition) is 2. The third-order valence-corrected chi connectivity index (χ3v) is 3.61. The number of ether oxygens (including phenoxy) is 3. The second-order valence-corrected chi connectivity index (χ2v) is 7.05. The Morgan fingerprint density at radius 2 is 2.22 bits per heavy atom. The van der Waals surface area contributed by atoms with Crippen LogP contribution >= 0.6 is 0 Å². The summed E-state index contributed by atoms with van der Waals surface area (Å²) in [5.74, 6) is 0.256. The first kappa shape index (κ1) is 18.7. The van der Waals surface area contributed by atoms with Gasteiger partial charge in [0.05, 0.1) is 12.7 Å². The third-order valence-electron chi connectivity index (χ3n) is 3.61. The summed E-state index contributed by atoms with van der Waals surface area (Å²) in [6, 6.07) is 0. The van der Waals surface area contributed by atoms with Gasteiger partial charge < -0.3 is 24.8 Å². The van der Waals surface area contributed by atoms with Crippen LogP contribution in [0.2, 0.25) is 0 Å². The van der Waals surface area contributed by atoms with Gasteiger partial charge in [0, 0.05) is 13.0 Å². The number of carbonyl (C=O) groups excluding carboxylic acids is 3. The van der Waals surface area contributed by atoms with Crippen molar-refractivity contribution in [1.82, 2.24) is 15.3 Å². The zero-order chi connectivity index (χ0) is 19.6. The molecule has 2 aliphatic rings. The number of nitrogens with one attached hydrogen (secondary N) is 2. The zero-order valence-electron chi connectivity index (χ0n) is 15.3. The number of rotatable bonds is 4. The Labute approximate surface area is 155 Å². The van der Waals surface area contributed by atoms with Crippen molar-refractivity contribution < 1.29 is 28.6 Å². The smallest absolute Gasteiger partial charge is 0.415 e. The molecule has 2 aliphatic heterocycles. The molecule has 3 amide bonds. The van der Waals surface area contributed by atoms with Gasteiger partial charge in [-0.2, -0.15) is 0 Å². The van der Waals surface area contributed by atoms with Crippen LogP contribution in [0, 0.1) is 0 Å². The fourth-order valence-corrected chi connectivity index (χ4v) is 2.50. The highest BCUT2D eigenvalue weighted by Crippen LogP contribution is 2.27. The van der Waals surface area contributed by atoms with Crippen LogP contribution in [-0.2, 0) is 14.3 Å². The predicted molar refractivity (Wildman–Crippen MR) is 92.6 cm³/mol. The minimum atomic E-state index is -0.578. The standard InChI is InChI=1S/C16H21N5O6/c1-16(2,3)27-14(23)17-5-4-9-7-21(15(24)26-9)10-6-18-13-12(19-10)20-11(22)8-25-13/h6,9H,4-5,7-8H2,1-3H3,(H,17,23)(H,19,20,22). The van der Waals surface area contributed by atoms with Crippen molar-refractivity contribution in [3.63, 3.8) is 0 Å². The van der Waals surface area contributed by atoms with Gasteiger partial charge in [0.2, 0.25) is 0 Å². The van der Waals surface area contributed by atoms with Crippen LogP contribution in [0.4, 0.5) is 21.2 Å². The Hall–Kier alpha value is -3.11. The van der Waals surface area contributed by atoms with Crippen molar-refractivity contribution >= 4 is 29.7 Å². The van der Waals surface area contributed by atoms with Crippen LogP contribution in [0.15, 0.2) is 6.20 Å². The molecule has 3 heterocycles. The molecular weight excluding hydrogens is 358 g/mol. The average Bonchev–Trinajstić information content (AvgIpc) is 2.93. The number of alkyl carbamates (subject to hydrolysis) is 1. The SMILES string of the molecule is CC(C)(C)OC(=O)NCCC1CN(c2cnc3c(n2)NC(=O)CO3)C(=O)O1. The van der Waals surface area contributed by atoms with Crippen LogP contribution in [0.1, 0.15) is 27.2 Å². The van der Waals surface area contributed by atoms with E-state index in [-0.39, 0.29) is 36.6 Å². The molecule has 11 heteroatoms. The predicted octanol–water partition coefficient (Wildman–Crippen LogP) is 1.05. The van der Waals surface area contributed by atoms with Crippen molar-refractivity contribution in [2.24, 2.45) is 0 Å². The first-order chi connectivity index (χ1) is 12.7. The average molecular weight is 379 g/mol. The van der Waals surface area contributed by atoms with Gasteiger partial charge in [-0.05, 0) is 20.8 Å². The maximum absolute atomic E-state index is 12.1. The molecule has 0 aromatic carbocycles. The largest absolute Gasteiger partial charge is 0.465 e. The lowest BCUT2D eigenvalue weighted by molar-refractivity contribution is -0.118. The van der Waals surface area contributed by atoms with Crippen LogP contribution in [0.25, 0.3) is 0 Å². The van der Waals surface area contributed by atoms with Crippen molar-refractivity contribution in [2.45, 2.75) is 38.9 Å². The first-order valence-corrected chi connectivity index (χ1v) is 8.46. The number of anilines is 2. The second kappa shape index (κ2) is 7.25. The van der Waals surface area contributed by atoms with Gasteiger partial charge in [0.1, 0.15) is 11.7 Å². The van der Waals surface area contributed by atoms with E-state index < -0.39 is 23.9 Å². The van der Waals surface area contributed by atoms with E-state index in [0.717, 1.165) is 0 Å². The van der Waals surface area contributed by atoms with E-state index in [9.17, 15) is 14.4 Å². The minimum absolute atomic E-state index is 0.125. The summed E-state index contributed by atoms with van der Waals surface area (Å²) in [4.78, 5) is 44.7. The summed E-state index contributed by atoms with van der Waals surface area (Å²) in [6.45, 7) is 5.74.